The number of halogens is 2. The minimum Gasteiger partial charge on any atom is -0.489 e. The van der Waals surface area contributed by atoms with Crippen LogP contribution in [0.25, 0.3) is 0 Å². The smallest absolute Gasteiger partial charge is 0.255 e. The van der Waals surface area contributed by atoms with E-state index in [2.05, 4.69) is 11.9 Å². The molecule has 1 amide bonds. The largest absolute Gasteiger partial charge is 0.489 e. The quantitative estimate of drug-likeness (QED) is 0.762. The summed E-state index contributed by atoms with van der Waals surface area (Å²) in [4.78, 5) is 12.3. The Bertz CT molecular complexity index is 714. The molecule has 2 aromatic rings. The Kier molecular flexibility index (Phi) is 5.47. The SMILES string of the molecule is C=C(C)COc1cccc(C(=O)Nc2cc(Cl)ccc2Cl)c1. The summed E-state index contributed by atoms with van der Waals surface area (Å²) in [6.45, 7) is 6.05. The molecule has 2 aromatic carbocycles. The fourth-order valence-electron chi connectivity index (χ4n) is 1.72. The fourth-order valence-corrected chi connectivity index (χ4v) is 2.06. The van der Waals surface area contributed by atoms with Gasteiger partial charge in [0.15, 0.2) is 0 Å². The first-order chi connectivity index (χ1) is 10.5. The lowest BCUT2D eigenvalue weighted by molar-refractivity contribution is 0.102. The van der Waals surface area contributed by atoms with E-state index >= 15 is 0 Å². The minimum absolute atomic E-state index is 0.287. The normalized spacial score (nSPS) is 10.1. The van der Waals surface area contributed by atoms with Gasteiger partial charge in [-0.2, -0.15) is 0 Å². The molecule has 0 spiro atoms. The first-order valence-electron chi connectivity index (χ1n) is 6.59. The van der Waals surface area contributed by atoms with Crippen molar-refractivity contribution in [1.82, 2.24) is 0 Å². The molecule has 0 heterocycles. The topological polar surface area (TPSA) is 38.3 Å². The Morgan fingerprint density at radius 3 is 2.73 bits per heavy atom. The molecule has 0 fully saturated rings. The molecule has 0 saturated carbocycles. The third kappa shape index (κ3) is 4.52. The summed E-state index contributed by atoms with van der Waals surface area (Å²) in [7, 11) is 0. The second-order valence-corrected chi connectivity index (χ2v) is 5.70. The first kappa shape index (κ1) is 16.4. The molecule has 0 aliphatic heterocycles. The zero-order valence-corrected chi connectivity index (χ0v) is 13.5. The summed E-state index contributed by atoms with van der Waals surface area (Å²) < 4.78 is 5.52. The summed E-state index contributed by atoms with van der Waals surface area (Å²) >= 11 is 11.9. The highest BCUT2D eigenvalue weighted by atomic mass is 35.5. The summed E-state index contributed by atoms with van der Waals surface area (Å²) in [5, 5.41) is 3.65. The number of rotatable bonds is 5. The number of ether oxygens (including phenoxy) is 1. The molecule has 0 atom stereocenters. The summed E-state index contributed by atoms with van der Waals surface area (Å²) in [5.41, 5.74) is 1.84. The Labute approximate surface area is 139 Å². The number of anilines is 1. The standard InChI is InChI=1S/C17H15Cl2NO2/c1-11(2)10-22-14-5-3-4-12(8-14)17(21)20-16-9-13(18)6-7-15(16)19/h3-9H,1,10H2,2H3,(H,20,21). The van der Waals surface area contributed by atoms with E-state index in [0.29, 0.717) is 33.7 Å². The molecule has 0 radical (unpaired) electrons. The molecule has 0 unspecified atom stereocenters. The Morgan fingerprint density at radius 1 is 1.23 bits per heavy atom. The molecule has 22 heavy (non-hydrogen) atoms. The molecule has 1 N–H and O–H groups in total. The maximum Gasteiger partial charge on any atom is 0.255 e. The molecule has 3 nitrogen and oxygen atoms in total. The van der Waals surface area contributed by atoms with E-state index in [1.807, 2.05) is 6.92 Å². The number of amides is 1. The van der Waals surface area contributed by atoms with Gasteiger partial charge in [-0.15, -0.1) is 0 Å². The highest BCUT2D eigenvalue weighted by Gasteiger charge is 2.10. The van der Waals surface area contributed by atoms with Crippen molar-refractivity contribution < 1.29 is 9.53 Å². The van der Waals surface area contributed by atoms with Crippen molar-refractivity contribution in [3.8, 4) is 5.75 Å². The van der Waals surface area contributed by atoms with Crippen molar-refractivity contribution >= 4 is 34.8 Å². The second kappa shape index (κ2) is 7.34. The summed E-state index contributed by atoms with van der Waals surface area (Å²) in [5.74, 6) is 0.317. The fraction of sp³-hybridized carbons (Fsp3) is 0.118. The number of hydrogen-bond donors (Lipinski definition) is 1. The van der Waals surface area contributed by atoms with Gasteiger partial charge >= 0.3 is 0 Å². The molecule has 5 heteroatoms. The van der Waals surface area contributed by atoms with E-state index in [4.69, 9.17) is 27.9 Å². The van der Waals surface area contributed by atoms with E-state index in [1.54, 1.807) is 42.5 Å². The van der Waals surface area contributed by atoms with E-state index in [-0.39, 0.29) is 5.91 Å². The lowest BCUT2D eigenvalue weighted by Gasteiger charge is -2.10. The van der Waals surface area contributed by atoms with E-state index in [0.717, 1.165) is 5.57 Å². The zero-order valence-electron chi connectivity index (χ0n) is 12.0. The molecule has 0 bridgehead atoms. The summed E-state index contributed by atoms with van der Waals surface area (Å²) in [6.07, 6.45) is 0. The van der Waals surface area contributed by atoms with E-state index in [1.165, 1.54) is 0 Å². The Hall–Kier alpha value is -1.97. The van der Waals surface area contributed by atoms with Crippen molar-refractivity contribution in [2.24, 2.45) is 0 Å². The highest BCUT2D eigenvalue weighted by molar-refractivity contribution is 6.35. The van der Waals surface area contributed by atoms with E-state index in [9.17, 15) is 4.79 Å². The molecule has 0 aliphatic carbocycles. The van der Waals surface area contributed by atoms with Gasteiger partial charge in [-0.05, 0) is 48.9 Å². The van der Waals surface area contributed by atoms with Crippen LogP contribution in [0.15, 0.2) is 54.6 Å². The van der Waals surface area contributed by atoms with Crippen LogP contribution in [0.2, 0.25) is 10.0 Å². The molecule has 0 saturated heterocycles. The zero-order chi connectivity index (χ0) is 16.1. The molecule has 0 aromatic heterocycles. The Balaban J connectivity index is 2.14. The number of nitrogens with one attached hydrogen (secondary N) is 1. The molecular weight excluding hydrogens is 321 g/mol. The number of hydrogen-bond acceptors (Lipinski definition) is 2. The average molecular weight is 336 g/mol. The van der Waals surface area contributed by atoms with Crippen LogP contribution in [-0.2, 0) is 0 Å². The van der Waals surface area contributed by atoms with Gasteiger partial charge in [-0.25, -0.2) is 0 Å². The molecule has 0 aliphatic rings. The molecule has 114 valence electrons. The monoisotopic (exact) mass is 335 g/mol. The lowest BCUT2D eigenvalue weighted by atomic mass is 10.2. The number of carbonyl (C=O) groups is 1. The third-order valence-corrected chi connectivity index (χ3v) is 3.32. The Morgan fingerprint density at radius 2 is 2.00 bits per heavy atom. The average Bonchev–Trinajstić information content (AvgIpc) is 2.49. The van der Waals surface area contributed by atoms with Gasteiger partial charge in [0.1, 0.15) is 12.4 Å². The second-order valence-electron chi connectivity index (χ2n) is 4.85. The highest BCUT2D eigenvalue weighted by Crippen LogP contribution is 2.26. The predicted octanol–water partition coefficient (Wildman–Crippen LogP) is 5.20. The maximum atomic E-state index is 12.3. The van der Waals surface area contributed by atoms with Gasteiger partial charge in [0.25, 0.3) is 5.91 Å². The van der Waals surface area contributed by atoms with Crippen molar-refractivity contribution in [2.45, 2.75) is 6.92 Å². The van der Waals surface area contributed by atoms with Crippen molar-refractivity contribution in [1.29, 1.82) is 0 Å². The van der Waals surface area contributed by atoms with Crippen LogP contribution in [0.5, 0.6) is 5.75 Å². The number of carbonyl (C=O) groups excluding carboxylic acids is 1. The van der Waals surface area contributed by atoms with Gasteiger partial charge < -0.3 is 10.1 Å². The van der Waals surface area contributed by atoms with E-state index < -0.39 is 0 Å². The third-order valence-electron chi connectivity index (χ3n) is 2.76. The van der Waals surface area contributed by atoms with Gasteiger partial charge in [-0.1, -0.05) is 35.8 Å². The minimum atomic E-state index is -0.287. The van der Waals surface area contributed by atoms with Crippen molar-refractivity contribution in [3.63, 3.8) is 0 Å². The van der Waals surface area contributed by atoms with Gasteiger partial charge in [0, 0.05) is 10.6 Å². The van der Waals surface area contributed by atoms with Crippen LogP contribution >= 0.6 is 23.2 Å². The predicted molar refractivity (Wildman–Crippen MR) is 91.2 cm³/mol. The first-order valence-corrected chi connectivity index (χ1v) is 7.35. The number of benzene rings is 2. The van der Waals surface area contributed by atoms with Gasteiger partial charge in [0.05, 0.1) is 10.7 Å². The van der Waals surface area contributed by atoms with Crippen molar-refractivity contribution in [2.75, 3.05) is 11.9 Å². The van der Waals surface area contributed by atoms with Crippen LogP contribution in [0.1, 0.15) is 17.3 Å². The van der Waals surface area contributed by atoms with Crippen LogP contribution in [-0.4, -0.2) is 12.5 Å². The van der Waals surface area contributed by atoms with Crippen molar-refractivity contribution in [3.05, 3.63) is 70.2 Å². The van der Waals surface area contributed by atoms with Crippen LogP contribution in [0, 0.1) is 0 Å². The molecule has 2 rings (SSSR count). The lowest BCUT2D eigenvalue weighted by Crippen LogP contribution is -2.12. The summed E-state index contributed by atoms with van der Waals surface area (Å²) in [6, 6.07) is 11.8. The van der Waals surface area contributed by atoms with Crippen LogP contribution in [0.3, 0.4) is 0 Å². The van der Waals surface area contributed by atoms with Crippen LogP contribution < -0.4 is 10.1 Å². The van der Waals surface area contributed by atoms with Gasteiger partial charge in [-0.3, -0.25) is 4.79 Å². The van der Waals surface area contributed by atoms with Gasteiger partial charge in [0.2, 0.25) is 0 Å². The van der Waals surface area contributed by atoms with Crippen LogP contribution in [0.4, 0.5) is 5.69 Å². The molecular formula is C17H15Cl2NO2. The maximum absolute atomic E-state index is 12.3.